The number of hydrogen-bond acceptors (Lipinski definition) is 2. The number of benzene rings is 1. The summed E-state index contributed by atoms with van der Waals surface area (Å²) in [5.74, 6) is -0.271. The number of anilines is 1. The molecule has 21 heavy (non-hydrogen) atoms. The van der Waals surface area contributed by atoms with Crippen molar-refractivity contribution in [2.75, 3.05) is 11.9 Å². The van der Waals surface area contributed by atoms with E-state index in [1.165, 1.54) is 12.1 Å². The monoisotopic (exact) mass is 326 g/mol. The zero-order valence-electron chi connectivity index (χ0n) is 11.6. The van der Waals surface area contributed by atoms with Gasteiger partial charge >= 0.3 is 0 Å². The third kappa shape index (κ3) is 4.68. The zero-order valence-corrected chi connectivity index (χ0v) is 13.1. The zero-order chi connectivity index (χ0) is 15.2. The highest BCUT2D eigenvalue weighted by Crippen LogP contribution is 2.13. The van der Waals surface area contributed by atoms with Crippen LogP contribution in [0.25, 0.3) is 0 Å². The van der Waals surface area contributed by atoms with Gasteiger partial charge < -0.3 is 10.6 Å². The fraction of sp³-hybridized carbons (Fsp3) is 0.286. The van der Waals surface area contributed by atoms with Crippen LogP contribution in [0, 0.1) is 12.7 Å². The summed E-state index contributed by atoms with van der Waals surface area (Å²) in [7, 11) is 0. The highest BCUT2D eigenvalue weighted by atomic mass is 35.5. The first kappa shape index (κ1) is 15.7. The topological polar surface area (TPSA) is 41.9 Å². The predicted molar refractivity (Wildman–Crippen MR) is 87.2 cm³/mol. The Balaban J connectivity index is 1.70. The van der Waals surface area contributed by atoms with Crippen LogP contribution in [-0.4, -0.2) is 21.4 Å². The fourth-order valence-electron chi connectivity index (χ4n) is 1.79. The molecular weight excluding hydrogens is 311 g/mol. The van der Waals surface area contributed by atoms with E-state index < -0.39 is 0 Å². The smallest absolute Gasteiger partial charge is 0.170 e. The maximum absolute atomic E-state index is 12.8. The lowest BCUT2D eigenvalue weighted by Gasteiger charge is -2.11. The largest absolute Gasteiger partial charge is 0.362 e. The molecular formula is C14H16ClFN4S. The van der Waals surface area contributed by atoms with Gasteiger partial charge in [0.25, 0.3) is 0 Å². The van der Waals surface area contributed by atoms with Crippen LogP contribution < -0.4 is 10.6 Å². The van der Waals surface area contributed by atoms with Crippen molar-refractivity contribution in [2.45, 2.75) is 19.9 Å². The molecule has 0 amide bonds. The summed E-state index contributed by atoms with van der Waals surface area (Å²) in [6.07, 6.45) is 2.51. The number of halogens is 2. The number of thiocarbonyl (C=S) groups is 1. The Kier molecular flexibility index (Phi) is 5.52. The van der Waals surface area contributed by atoms with Crippen LogP contribution in [-0.2, 0) is 6.54 Å². The van der Waals surface area contributed by atoms with E-state index >= 15 is 0 Å². The molecule has 1 aromatic carbocycles. The van der Waals surface area contributed by atoms with Crippen LogP contribution in [0.15, 0.2) is 30.5 Å². The standard InChI is InChI=1S/C14H16ClFN4S/c1-10-13(15)9-18-20(10)8-2-7-17-14(21)19-12-5-3-11(16)4-6-12/h3-6,9H,2,7-8H2,1H3,(H2,17,19,21). The molecule has 2 rings (SSSR count). The van der Waals surface area contributed by atoms with Crippen molar-refractivity contribution >= 4 is 34.6 Å². The normalized spacial score (nSPS) is 10.4. The quantitative estimate of drug-likeness (QED) is 0.653. The van der Waals surface area contributed by atoms with Crippen LogP contribution in [0.2, 0.25) is 5.02 Å². The van der Waals surface area contributed by atoms with Gasteiger partial charge in [-0.05, 0) is 49.8 Å². The molecule has 112 valence electrons. The molecule has 0 radical (unpaired) electrons. The van der Waals surface area contributed by atoms with Crippen molar-refractivity contribution in [2.24, 2.45) is 0 Å². The van der Waals surface area contributed by atoms with Gasteiger partial charge in [0, 0.05) is 18.8 Å². The Hall–Kier alpha value is -1.66. The number of aromatic nitrogens is 2. The van der Waals surface area contributed by atoms with Crippen molar-refractivity contribution in [1.29, 1.82) is 0 Å². The van der Waals surface area contributed by atoms with Gasteiger partial charge in [0.05, 0.1) is 16.9 Å². The molecule has 7 heteroatoms. The second-order valence-corrected chi connectivity index (χ2v) is 5.36. The lowest BCUT2D eigenvalue weighted by atomic mass is 10.3. The minimum Gasteiger partial charge on any atom is -0.362 e. The molecule has 2 aromatic rings. The molecule has 2 N–H and O–H groups in total. The summed E-state index contributed by atoms with van der Waals surface area (Å²) < 4.78 is 14.6. The minimum absolute atomic E-state index is 0.271. The molecule has 0 unspecified atom stereocenters. The SMILES string of the molecule is Cc1c(Cl)cnn1CCCNC(=S)Nc1ccc(F)cc1. The number of nitrogens with zero attached hydrogens (tertiary/aromatic N) is 2. The van der Waals surface area contributed by atoms with Gasteiger partial charge in [-0.3, -0.25) is 4.68 Å². The first-order valence-electron chi connectivity index (χ1n) is 6.54. The summed E-state index contributed by atoms with van der Waals surface area (Å²) in [6.45, 7) is 3.41. The van der Waals surface area contributed by atoms with Gasteiger partial charge in [0.1, 0.15) is 5.82 Å². The predicted octanol–water partition coefficient (Wildman–Crippen LogP) is 3.36. The molecule has 0 aliphatic rings. The van der Waals surface area contributed by atoms with E-state index in [9.17, 15) is 4.39 Å². The van der Waals surface area contributed by atoms with Crippen molar-refractivity contribution < 1.29 is 4.39 Å². The second-order valence-electron chi connectivity index (χ2n) is 4.54. The molecule has 0 bridgehead atoms. The van der Waals surface area contributed by atoms with Crippen molar-refractivity contribution in [1.82, 2.24) is 15.1 Å². The number of hydrogen-bond donors (Lipinski definition) is 2. The molecule has 0 saturated heterocycles. The van der Waals surface area contributed by atoms with Gasteiger partial charge in [-0.2, -0.15) is 5.10 Å². The van der Waals surface area contributed by atoms with E-state index in [0.717, 1.165) is 24.3 Å². The average molecular weight is 327 g/mol. The third-order valence-corrected chi connectivity index (χ3v) is 3.60. The molecule has 0 atom stereocenters. The summed E-state index contributed by atoms with van der Waals surface area (Å²) in [5.41, 5.74) is 1.72. The van der Waals surface area contributed by atoms with Gasteiger partial charge in [-0.25, -0.2) is 4.39 Å². The van der Waals surface area contributed by atoms with Gasteiger partial charge in [-0.1, -0.05) is 11.6 Å². The van der Waals surface area contributed by atoms with Gasteiger partial charge in [-0.15, -0.1) is 0 Å². The van der Waals surface area contributed by atoms with E-state index in [1.807, 2.05) is 11.6 Å². The summed E-state index contributed by atoms with van der Waals surface area (Å²) in [5, 5.41) is 11.5. The van der Waals surface area contributed by atoms with E-state index in [4.69, 9.17) is 23.8 Å². The maximum Gasteiger partial charge on any atom is 0.170 e. The Labute approximate surface area is 133 Å². The lowest BCUT2D eigenvalue weighted by molar-refractivity contribution is 0.561. The number of rotatable bonds is 5. The van der Waals surface area contributed by atoms with Crippen molar-refractivity contribution in [3.63, 3.8) is 0 Å². The first-order chi connectivity index (χ1) is 10.1. The molecule has 0 aliphatic carbocycles. The Morgan fingerprint density at radius 1 is 1.38 bits per heavy atom. The van der Waals surface area contributed by atoms with E-state index in [2.05, 4.69) is 15.7 Å². The first-order valence-corrected chi connectivity index (χ1v) is 7.33. The Morgan fingerprint density at radius 3 is 2.71 bits per heavy atom. The average Bonchev–Trinajstić information content (AvgIpc) is 2.78. The van der Waals surface area contributed by atoms with Crippen LogP contribution >= 0.6 is 23.8 Å². The Morgan fingerprint density at radius 2 is 2.10 bits per heavy atom. The second kappa shape index (κ2) is 7.38. The fourth-order valence-corrected chi connectivity index (χ4v) is 2.15. The highest BCUT2D eigenvalue weighted by Gasteiger charge is 2.03. The molecule has 4 nitrogen and oxygen atoms in total. The summed E-state index contributed by atoms with van der Waals surface area (Å²) in [6, 6.07) is 6.04. The van der Waals surface area contributed by atoms with Gasteiger partial charge in [0.2, 0.25) is 0 Å². The highest BCUT2D eigenvalue weighted by molar-refractivity contribution is 7.80. The van der Waals surface area contributed by atoms with Crippen LogP contribution in [0.5, 0.6) is 0 Å². The van der Waals surface area contributed by atoms with Crippen molar-refractivity contribution in [3.8, 4) is 0 Å². The van der Waals surface area contributed by atoms with E-state index in [-0.39, 0.29) is 5.82 Å². The minimum atomic E-state index is -0.271. The molecule has 0 aliphatic heterocycles. The molecule has 0 fully saturated rings. The summed E-state index contributed by atoms with van der Waals surface area (Å²) >= 11 is 11.1. The molecule has 0 spiro atoms. The van der Waals surface area contributed by atoms with Crippen LogP contribution in [0.4, 0.5) is 10.1 Å². The summed E-state index contributed by atoms with van der Waals surface area (Å²) in [4.78, 5) is 0. The van der Waals surface area contributed by atoms with Crippen LogP contribution in [0.3, 0.4) is 0 Å². The molecule has 1 heterocycles. The van der Waals surface area contributed by atoms with E-state index in [1.54, 1.807) is 18.3 Å². The maximum atomic E-state index is 12.8. The number of aryl methyl sites for hydroxylation is 1. The van der Waals surface area contributed by atoms with Gasteiger partial charge in [0.15, 0.2) is 5.11 Å². The Bertz CT molecular complexity index is 612. The van der Waals surface area contributed by atoms with E-state index in [0.29, 0.717) is 16.7 Å². The number of nitrogens with one attached hydrogen (secondary N) is 2. The van der Waals surface area contributed by atoms with Crippen molar-refractivity contribution in [3.05, 3.63) is 47.0 Å². The molecule has 0 saturated carbocycles. The lowest BCUT2D eigenvalue weighted by Crippen LogP contribution is -2.29. The van der Waals surface area contributed by atoms with Crippen LogP contribution in [0.1, 0.15) is 12.1 Å². The third-order valence-electron chi connectivity index (χ3n) is 2.98. The molecule has 1 aromatic heterocycles.